The molecule has 0 saturated carbocycles. The number of rotatable bonds is 3. The molecule has 7 nitrogen and oxygen atoms in total. The van der Waals surface area contributed by atoms with E-state index >= 15 is 0 Å². The number of hydrogen-bond acceptors (Lipinski definition) is 4. The van der Waals surface area contributed by atoms with Crippen LogP contribution in [0.1, 0.15) is 31.7 Å². The van der Waals surface area contributed by atoms with Gasteiger partial charge in [0.05, 0.1) is 18.5 Å². The molecule has 2 saturated heterocycles. The highest BCUT2D eigenvalue weighted by molar-refractivity contribution is 7.80. The van der Waals surface area contributed by atoms with Crippen LogP contribution in [0.4, 0.5) is 19.3 Å². The Balaban J connectivity index is 1.60. The van der Waals surface area contributed by atoms with Crippen LogP contribution in [0.25, 0.3) is 6.08 Å². The zero-order valence-electron chi connectivity index (χ0n) is 16.7. The summed E-state index contributed by atoms with van der Waals surface area (Å²) < 4.78 is 34.3. The average molecular weight is 438 g/mol. The minimum atomic E-state index is -0.621. The van der Waals surface area contributed by atoms with E-state index in [9.17, 15) is 13.6 Å². The highest BCUT2D eigenvalue weighted by Crippen LogP contribution is 2.26. The van der Waals surface area contributed by atoms with Crippen LogP contribution >= 0.6 is 12.2 Å². The number of halogens is 2. The summed E-state index contributed by atoms with van der Waals surface area (Å²) >= 11 is 4.94. The number of amides is 2. The first-order valence-corrected chi connectivity index (χ1v) is 10.2. The zero-order valence-corrected chi connectivity index (χ0v) is 17.5. The number of likely N-dealkylation sites (tertiary alicyclic amines) is 1. The van der Waals surface area contributed by atoms with E-state index in [1.807, 2.05) is 0 Å². The minimum absolute atomic E-state index is 0.00310. The minimum Gasteiger partial charge on any atom is -0.387 e. The van der Waals surface area contributed by atoms with E-state index in [2.05, 4.69) is 15.6 Å². The topological polar surface area (TPSA) is 92.0 Å². The van der Waals surface area contributed by atoms with Crippen LogP contribution in [-0.2, 0) is 4.74 Å². The molecular weight excluding hydrogens is 412 g/mol. The number of nitrogens with zero attached hydrogens (tertiary/aromatic N) is 2. The summed E-state index contributed by atoms with van der Waals surface area (Å²) in [6, 6.07) is 2.30. The maximum Gasteiger partial charge on any atom is 0.323 e. The normalized spacial score (nSPS) is 19.6. The van der Waals surface area contributed by atoms with Gasteiger partial charge in [0.2, 0.25) is 5.11 Å². The molecule has 0 radical (unpaired) electrons. The number of nitrogens with one attached hydrogen (secondary N) is 2. The van der Waals surface area contributed by atoms with E-state index in [1.165, 1.54) is 18.2 Å². The van der Waals surface area contributed by atoms with Crippen LogP contribution in [0.5, 0.6) is 0 Å². The van der Waals surface area contributed by atoms with Crippen LogP contribution in [-0.4, -0.2) is 54.2 Å². The third-order valence-electron chi connectivity index (χ3n) is 4.91. The van der Waals surface area contributed by atoms with Crippen molar-refractivity contribution in [2.45, 2.75) is 32.2 Å². The molecule has 3 rings (SSSR count). The third-order valence-corrected chi connectivity index (χ3v) is 5.11. The fourth-order valence-corrected chi connectivity index (χ4v) is 3.63. The Morgan fingerprint density at radius 2 is 2.00 bits per heavy atom. The molecule has 2 aliphatic rings. The third kappa shape index (κ3) is 5.96. The Bertz CT molecular complexity index is 847. The lowest BCUT2D eigenvalue weighted by Gasteiger charge is -2.28. The van der Waals surface area contributed by atoms with Gasteiger partial charge in [0.1, 0.15) is 11.6 Å². The number of benzene rings is 1. The first kappa shape index (κ1) is 22.1. The maximum atomic E-state index is 14.5. The second-order valence-electron chi connectivity index (χ2n) is 7.34. The molecule has 162 valence electrons. The second-order valence-corrected chi connectivity index (χ2v) is 7.72. The molecule has 1 unspecified atom stereocenters. The molecule has 1 aromatic rings. The number of anilines is 1. The van der Waals surface area contributed by atoms with Gasteiger partial charge in [-0.25, -0.2) is 18.6 Å². The van der Waals surface area contributed by atoms with E-state index in [4.69, 9.17) is 22.7 Å². The number of carbonyl (C=O) groups is 1. The Kier molecular flexibility index (Phi) is 7.33. The Labute approximate surface area is 179 Å². The molecule has 0 aromatic heterocycles. The molecule has 0 aliphatic carbocycles. The molecule has 0 bridgehead atoms. The Hall–Kier alpha value is -2.59. The van der Waals surface area contributed by atoms with Crippen molar-refractivity contribution in [2.75, 3.05) is 31.6 Å². The molecule has 1 aromatic carbocycles. The summed E-state index contributed by atoms with van der Waals surface area (Å²) in [5, 5.41) is 5.59. The molecule has 4 N–H and O–H groups in total. The number of ether oxygens (including phenoxy) is 1. The predicted octanol–water partition coefficient (Wildman–Crippen LogP) is 3.02. The van der Waals surface area contributed by atoms with Crippen molar-refractivity contribution in [3.8, 4) is 0 Å². The summed E-state index contributed by atoms with van der Waals surface area (Å²) in [6.07, 6.45) is 3.37. The standard InChI is InChI=1S/C20H25F2N5O2S/c1-12(23)24-19(30)26-20(28)27-5-2-13(3-6-27)8-16-17(21)9-15(10-18(16)22)25-14-4-7-29-11-14/h8-10,14,25H,2-7,11H2,1H3,(H3,23,24,26,28,30). The van der Waals surface area contributed by atoms with Crippen LogP contribution < -0.4 is 16.4 Å². The summed E-state index contributed by atoms with van der Waals surface area (Å²) in [6.45, 7) is 3.57. The van der Waals surface area contributed by atoms with E-state index in [0.29, 0.717) is 44.8 Å². The fourth-order valence-electron chi connectivity index (χ4n) is 3.39. The Morgan fingerprint density at radius 1 is 1.33 bits per heavy atom. The van der Waals surface area contributed by atoms with E-state index in [-0.39, 0.29) is 28.6 Å². The predicted molar refractivity (Wildman–Crippen MR) is 116 cm³/mol. The van der Waals surface area contributed by atoms with Crippen LogP contribution in [0, 0.1) is 11.6 Å². The van der Waals surface area contributed by atoms with Gasteiger partial charge in [-0.15, -0.1) is 0 Å². The number of piperidine rings is 1. The second kappa shape index (κ2) is 9.94. The highest BCUT2D eigenvalue weighted by Gasteiger charge is 2.21. The van der Waals surface area contributed by atoms with Gasteiger partial charge in [-0.1, -0.05) is 5.57 Å². The molecular formula is C20H25F2N5O2S. The monoisotopic (exact) mass is 437 g/mol. The lowest BCUT2D eigenvalue weighted by molar-refractivity contribution is 0.195. The van der Waals surface area contributed by atoms with Crippen molar-refractivity contribution in [1.82, 2.24) is 10.2 Å². The molecule has 2 heterocycles. The number of nitrogens with two attached hydrogens (primary N) is 1. The molecule has 1 atom stereocenters. The van der Waals surface area contributed by atoms with Gasteiger partial charge in [0, 0.05) is 30.9 Å². The van der Waals surface area contributed by atoms with Crippen molar-refractivity contribution in [1.29, 1.82) is 0 Å². The van der Waals surface area contributed by atoms with Crippen molar-refractivity contribution in [2.24, 2.45) is 10.7 Å². The number of amidine groups is 1. The van der Waals surface area contributed by atoms with E-state index in [1.54, 1.807) is 11.8 Å². The lowest BCUT2D eigenvalue weighted by Crippen LogP contribution is -2.44. The van der Waals surface area contributed by atoms with E-state index < -0.39 is 11.6 Å². The van der Waals surface area contributed by atoms with E-state index in [0.717, 1.165) is 12.0 Å². The van der Waals surface area contributed by atoms with Crippen molar-refractivity contribution >= 4 is 41.0 Å². The molecule has 2 amide bonds. The fraction of sp³-hybridized carbons (Fsp3) is 0.450. The van der Waals surface area contributed by atoms with Crippen molar-refractivity contribution in [3.63, 3.8) is 0 Å². The first-order chi connectivity index (χ1) is 14.3. The SMILES string of the molecule is C/C(N)=N/C(=S)NC(=O)N1CCC(=Cc2c(F)cc(NC3CCOC3)cc2F)CC1. The summed E-state index contributed by atoms with van der Waals surface area (Å²) in [5.74, 6) is -0.986. The van der Waals surface area contributed by atoms with Gasteiger partial charge >= 0.3 is 6.03 Å². The van der Waals surface area contributed by atoms with Gasteiger partial charge in [-0.2, -0.15) is 0 Å². The zero-order chi connectivity index (χ0) is 21.7. The van der Waals surface area contributed by atoms with Crippen LogP contribution in [0.15, 0.2) is 22.7 Å². The molecule has 2 fully saturated rings. The maximum absolute atomic E-state index is 14.5. The van der Waals surface area contributed by atoms with Crippen molar-refractivity contribution in [3.05, 3.63) is 34.9 Å². The number of thiocarbonyl (C=S) groups is 1. The van der Waals surface area contributed by atoms with Gasteiger partial charge in [0.25, 0.3) is 0 Å². The van der Waals surface area contributed by atoms with Crippen LogP contribution in [0.3, 0.4) is 0 Å². The van der Waals surface area contributed by atoms with Gasteiger partial charge in [-0.3, -0.25) is 5.32 Å². The van der Waals surface area contributed by atoms with Crippen molar-refractivity contribution < 1.29 is 18.3 Å². The summed E-state index contributed by atoms with van der Waals surface area (Å²) in [7, 11) is 0. The average Bonchev–Trinajstić information content (AvgIpc) is 3.17. The summed E-state index contributed by atoms with van der Waals surface area (Å²) in [4.78, 5) is 17.6. The van der Waals surface area contributed by atoms with Gasteiger partial charge in [0.15, 0.2) is 0 Å². The smallest absolute Gasteiger partial charge is 0.323 e. The van der Waals surface area contributed by atoms with Gasteiger partial charge < -0.3 is 20.7 Å². The lowest BCUT2D eigenvalue weighted by atomic mass is 10.0. The van der Waals surface area contributed by atoms with Gasteiger partial charge in [-0.05, 0) is 56.6 Å². The first-order valence-electron chi connectivity index (χ1n) is 9.75. The van der Waals surface area contributed by atoms with Crippen LogP contribution in [0.2, 0.25) is 0 Å². The molecule has 2 aliphatic heterocycles. The largest absolute Gasteiger partial charge is 0.387 e. The molecule has 10 heteroatoms. The Morgan fingerprint density at radius 3 is 2.57 bits per heavy atom. The highest BCUT2D eigenvalue weighted by atomic mass is 32.1. The molecule has 30 heavy (non-hydrogen) atoms. The number of carbonyl (C=O) groups excluding carboxylic acids is 1. The number of urea groups is 1. The number of hydrogen-bond donors (Lipinski definition) is 3. The molecule has 0 spiro atoms. The summed E-state index contributed by atoms with van der Waals surface area (Å²) in [5.41, 5.74) is 6.65. The quantitative estimate of drug-likeness (QED) is 0.384. The number of aliphatic imine (C=N–C) groups is 1.